The predicted octanol–water partition coefficient (Wildman–Crippen LogP) is 4.75. The van der Waals surface area contributed by atoms with E-state index >= 15 is 0 Å². The molecule has 0 atom stereocenters. The molecule has 2 aromatic carbocycles. The highest BCUT2D eigenvalue weighted by Crippen LogP contribution is 2.32. The third-order valence-electron chi connectivity index (χ3n) is 5.40. The van der Waals surface area contributed by atoms with Crippen LogP contribution >= 0.6 is 0 Å². The fourth-order valence-corrected chi connectivity index (χ4v) is 3.68. The molecule has 0 aliphatic carbocycles. The van der Waals surface area contributed by atoms with Gasteiger partial charge >= 0.3 is 0 Å². The standard InChI is InChI=1S/C26H25N3O4/c1-16(2)18-6-10-21(11-7-18)28-24-23(19-8-12-20(13-9-19)27-17(3)30)25(31)29(26(24)32)15-22-5-4-14-33-22/h4-14,16,28H,15H2,1-3H3,(H,27,30). The second-order valence-electron chi connectivity index (χ2n) is 8.19. The molecule has 0 radical (unpaired) electrons. The molecular formula is C26H25N3O4. The van der Waals surface area contributed by atoms with Crippen molar-refractivity contribution in [3.8, 4) is 0 Å². The van der Waals surface area contributed by atoms with Gasteiger partial charge in [0.2, 0.25) is 5.91 Å². The Morgan fingerprint density at radius 3 is 2.18 bits per heavy atom. The SMILES string of the molecule is CC(=O)Nc1ccc(C2=C(Nc3ccc(C(C)C)cc3)C(=O)N(Cc3ccco3)C2=O)cc1. The molecule has 3 aromatic rings. The number of nitrogens with one attached hydrogen (secondary N) is 2. The van der Waals surface area contributed by atoms with Crippen LogP contribution in [0.2, 0.25) is 0 Å². The van der Waals surface area contributed by atoms with E-state index in [1.165, 1.54) is 23.7 Å². The first-order chi connectivity index (χ1) is 15.8. The highest BCUT2D eigenvalue weighted by Gasteiger charge is 2.39. The summed E-state index contributed by atoms with van der Waals surface area (Å²) in [6.07, 6.45) is 1.50. The zero-order chi connectivity index (χ0) is 23.5. The number of hydrogen-bond acceptors (Lipinski definition) is 5. The van der Waals surface area contributed by atoms with Crippen molar-refractivity contribution in [2.75, 3.05) is 10.6 Å². The van der Waals surface area contributed by atoms with Crippen LogP contribution in [0.4, 0.5) is 11.4 Å². The summed E-state index contributed by atoms with van der Waals surface area (Å²) in [4.78, 5) is 39.1. The lowest BCUT2D eigenvalue weighted by molar-refractivity contribution is -0.137. The Kier molecular flexibility index (Phi) is 6.13. The molecule has 0 saturated heterocycles. The minimum absolute atomic E-state index is 0.0373. The van der Waals surface area contributed by atoms with Crippen molar-refractivity contribution in [3.05, 3.63) is 89.5 Å². The van der Waals surface area contributed by atoms with Crippen LogP contribution in [-0.4, -0.2) is 22.6 Å². The van der Waals surface area contributed by atoms with Gasteiger partial charge in [-0.05, 0) is 53.4 Å². The summed E-state index contributed by atoms with van der Waals surface area (Å²) >= 11 is 0. The van der Waals surface area contributed by atoms with Gasteiger partial charge in [0.05, 0.1) is 18.4 Å². The minimum Gasteiger partial charge on any atom is -0.467 e. The number of imide groups is 1. The summed E-state index contributed by atoms with van der Waals surface area (Å²) in [6, 6.07) is 18.0. The summed E-state index contributed by atoms with van der Waals surface area (Å²) in [5, 5.41) is 5.86. The molecule has 0 saturated carbocycles. The first-order valence-electron chi connectivity index (χ1n) is 10.7. The van der Waals surface area contributed by atoms with Gasteiger partial charge in [-0.25, -0.2) is 0 Å². The van der Waals surface area contributed by atoms with Crippen molar-refractivity contribution in [2.45, 2.75) is 33.2 Å². The smallest absolute Gasteiger partial charge is 0.278 e. The Morgan fingerprint density at radius 2 is 1.61 bits per heavy atom. The first-order valence-corrected chi connectivity index (χ1v) is 10.7. The fraction of sp³-hybridized carbons (Fsp3) is 0.192. The zero-order valence-corrected chi connectivity index (χ0v) is 18.7. The maximum atomic E-state index is 13.3. The zero-order valence-electron chi connectivity index (χ0n) is 18.7. The molecule has 3 amide bonds. The van der Waals surface area contributed by atoms with Crippen LogP contribution < -0.4 is 10.6 Å². The van der Waals surface area contributed by atoms with E-state index < -0.39 is 11.8 Å². The Balaban J connectivity index is 1.70. The van der Waals surface area contributed by atoms with Crippen LogP contribution in [0.25, 0.3) is 5.57 Å². The Morgan fingerprint density at radius 1 is 0.939 bits per heavy atom. The second-order valence-corrected chi connectivity index (χ2v) is 8.19. The van der Waals surface area contributed by atoms with Crippen LogP contribution in [-0.2, 0) is 20.9 Å². The van der Waals surface area contributed by atoms with E-state index in [0.717, 1.165) is 0 Å². The molecule has 7 nitrogen and oxygen atoms in total. The molecule has 1 aromatic heterocycles. The highest BCUT2D eigenvalue weighted by molar-refractivity contribution is 6.36. The summed E-state index contributed by atoms with van der Waals surface area (Å²) in [6.45, 7) is 5.68. The maximum absolute atomic E-state index is 13.3. The van der Waals surface area contributed by atoms with E-state index in [2.05, 4.69) is 24.5 Å². The molecule has 33 heavy (non-hydrogen) atoms. The van der Waals surface area contributed by atoms with Crippen molar-refractivity contribution in [1.29, 1.82) is 0 Å². The maximum Gasteiger partial charge on any atom is 0.278 e. The van der Waals surface area contributed by atoms with Gasteiger partial charge in [0, 0.05) is 18.3 Å². The van der Waals surface area contributed by atoms with E-state index in [4.69, 9.17) is 4.42 Å². The van der Waals surface area contributed by atoms with Gasteiger partial charge in [0.1, 0.15) is 11.5 Å². The summed E-state index contributed by atoms with van der Waals surface area (Å²) < 4.78 is 5.35. The predicted molar refractivity (Wildman–Crippen MR) is 126 cm³/mol. The lowest BCUT2D eigenvalue weighted by Gasteiger charge is -2.14. The van der Waals surface area contributed by atoms with Crippen molar-refractivity contribution >= 4 is 34.7 Å². The second kappa shape index (κ2) is 9.16. The number of nitrogens with zero attached hydrogens (tertiary/aromatic N) is 1. The number of hydrogen-bond donors (Lipinski definition) is 2. The molecule has 1 aliphatic heterocycles. The minimum atomic E-state index is -0.426. The van der Waals surface area contributed by atoms with Gasteiger partial charge in [-0.3, -0.25) is 19.3 Å². The monoisotopic (exact) mass is 443 g/mol. The summed E-state index contributed by atoms with van der Waals surface area (Å²) in [5.74, 6) is -0.129. The van der Waals surface area contributed by atoms with Gasteiger partial charge in [-0.1, -0.05) is 38.1 Å². The largest absolute Gasteiger partial charge is 0.467 e. The van der Waals surface area contributed by atoms with Gasteiger partial charge in [-0.2, -0.15) is 0 Å². The van der Waals surface area contributed by atoms with Gasteiger partial charge < -0.3 is 15.1 Å². The van der Waals surface area contributed by atoms with Crippen LogP contribution in [0.5, 0.6) is 0 Å². The summed E-state index contributed by atoms with van der Waals surface area (Å²) in [7, 11) is 0. The lowest BCUT2D eigenvalue weighted by Crippen LogP contribution is -2.31. The molecule has 1 aliphatic rings. The number of carbonyl (C=O) groups is 3. The van der Waals surface area contributed by atoms with Crippen LogP contribution in [0.15, 0.2) is 77.0 Å². The molecule has 0 bridgehead atoms. The molecule has 2 heterocycles. The average Bonchev–Trinajstić information content (AvgIpc) is 3.38. The Labute approximate surface area is 192 Å². The quantitative estimate of drug-likeness (QED) is 0.514. The van der Waals surface area contributed by atoms with Gasteiger partial charge in [-0.15, -0.1) is 0 Å². The first kappa shape index (κ1) is 22.1. The molecule has 4 rings (SSSR count). The number of furan rings is 1. The van der Waals surface area contributed by atoms with Gasteiger partial charge in [0.25, 0.3) is 11.8 Å². The fourth-order valence-electron chi connectivity index (χ4n) is 3.68. The van der Waals surface area contributed by atoms with E-state index in [1.807, 2.05) is 24.3 Å². The van der Waals surface area contributed by atoms with Crippen molar-refractivity contribution in [1.82, 2.24) is 4.90 Å². The van der Waals surface area contributed by atoms with E-state index in [-0.39, 0.29) is 23.7 Å². The van der Waals surface area contributed by atoms with E-state index in [9.17, 15) is 14.4 Å². The van der Waals surface area contributed by atoms with E-state index in [1.54, 1.807) is 36.4 Å². The molecule has 168 valence electrons. The topological polar surface area (TPSA) is 91.7 Å². The summed E-state index contributed by atoms with van der Waals surface area (Å²) in [5.41, 5.74) is 3.55. The molecule has 7 heteroatoms. The van der Waals surface area contributed by atoms with Crippen LogP contribution in [0, 0.1) is 0 Å². The van der Waals surface area contributed by atoms with Crippen molar-refractivity contribution < 1.29 is 18.8 Å². The highest BCUT2D eigenvalue weighted by atomic mass is 16.3. The molecule has 0 fully saturated rings. The number of amides is 3. The lowest BCUT2D eigenvalue weighted by atomic mass is 10.0. The third kappa shape index (κ3) is 4.72. The molecular weight excluding hydrogens is 418 g/mol. The van der Waals surface area contributed by atoms with Crippen LogP contribution in [0.3, 0.4) is 0 Å². The third-order valence-corrected chi connectivity index (χ3v) is 5.40. The molecule has 2 N–H and O–H groups in total. The number of carbonyl (C=O) groups excluding carboxylic acids is 3. The number of rotatable bonds is 7. The van der Waals surface area contributed by atoms with Crippen molar-refractivity contribution in [3.63, 3.8) is 0 Å². The average molecular weight is 444 g/mol. The normalized spacial score (nSPS) is 13.8. The van der Waals surface area contributed by atoms with Gasteiger partial charge in [0.15, 0.2) is 0 Å². The van der Waals surface area contributed by atoms with Crippen LogP contribution in [0.1, 0.15) is 43.6 Å². The Hall–Kier alpha value is -4.13. The molecule has 0 unspecified atom stereocenters. The van der Waals surface area contributed by atoms with E-state index in [0.29, 0.717) is 28.6 Å². The Bertz CT molecular complexity index is 1210. The number of anilines is 2. The van der Waals surface area contributed by atoms with Crippen molar-refractivity contribution in [2.24, 2.45) is 0 Å². The number of benzene rings is 2. The molecule has 0 spiro atoms.